The van der Waals surface area contributed by atoms with E-state index in [9.17, 15) is 26.0 Å². The number of aromatic nitrogens is 1. The predicted molar refractivity (Wildman–Crippen MR) is 96.8 cm³/mol. The molecular formula is C18H13ClF4N2O2S. The number of sulfonamides is 1. The van der Waals surface area contributed by atoms with Gasteiger partial charge >= 0.3 is 6.18 Å². The standard InChI is InChI=1S/C18H13ClF4N2O2S/c1-25(10-12-8-13(20)7-11-3-2-6-24-17(11)12)28(26,27)14-4-5-16(19)15(9-14)18(21,22)23/h2-9H,10H2,1H3. The average molecular weight is 433 g/mol. The molecule has 0 radical (unpaired) electrons. The highest BCUT2D eigenvalue weighted by molar-refractivity contribution is 7.89. The van der Waals surface area contributed by atoms with Crippen LogP contribution in [0, 0.1) is 5.82 Å². The summed E-state index contributed by atoms with van der Waals surface area (Å²) in [7, 11) is -3.10. The van der Waals surface area contributed by atoms with E-state index in [4.69, 9.17) is 11.6 Å². The number of alkyl halides is 3. The van der Waals surface area contributed by atoms with Crippen LogP contribution in [0.2, 0.25) is 5.02 Å². The van der Waals surface area contributed by atoms with Crippen LogP contribution in [0.1, 0.15) is 11.1 Å². The fraction of sp³-hybridized carbons (Fsp3) is 0.167. The lowest BCUT2D eigenvalue weighted by atomic mass is 10.1. The number of benzene rings is 2. The Bertz CT molecular complexity index is 1150. The van der Waals surface area contributed by atoms with Gasteiger partial charge < -0.3 is 0 Å². The van der Waals surface area contributed by atoms with Gasteiger partial charge in [0, 0.05) is 25.2 Å². The van der Waals surface area contributed by atoms with Crippen molar-refractivity contribution in [3.8, 4) is 0 Å². The molecule has 3 rings (SSSR count). The van der Waals surface area contributed by atoms with Gasteiger partial charge in [-0.15, -0.1) is 0 Å². The van der Waals surface area contributed by atoms with Crippen molar-refractivity contribution >= 4 is 32.5 Å². The topological polar surface area (TPSA) is 50.3 Å². The molecule has 4 nitrogen and oxygen atoms in total. The zero-order chi connectivity index (χ0) is 20.7. The second-order valence-corrected chi connectivity index (χ2v) is 8.49. The highest BCUT2D eigenvalue weighted by Crippen LogP contribution is 2.36. The third-order valence-corrected chi connectivity index (χ3v) is 6.22. The first-order chi connectivity index (χ1) is 13.0. The van der Waals surface area contributed by atoms with E-state index in [1.807, 2.05) is 0 Å². The molecule has 148 valence electrons. The van der Waals surface area contributed by atoms with Gasteiger partial charge in [0.15, 0.2) is 0 Å². The highest BCUT2D eigenvalue weighted by Gasteiger charge is 2.35. The van der Waals surface area contributed by atoms with Crippen LogP contribution in [0.25, 0.3) is 10.9 Å². The van der Waals surface area contributed by atoms with Gasteiger partial charge in [-0.25, -0.2) is 12.8 Å². The maximum absolute atomic E-state index is 13.9. The molecule has 10 heteroatoms. The summed E-state index contributed by atoms with van der Waals surface area (Å²) in [6, 6.07) is 7.99. The molecule has 0 aliphatic rings. The minimum atomic E-state index is -4.80. The summed E-state index contributed by atoms with van der Waals surface area (Å²) >= 11 is 5.54. The molecule has 0 fully saturated rings. The Labute approximate surface area is 163 Å². The monoisotopic (exact) mass is 432 g/mol. The Kier molecular flexibility index (Phi) is 5.35. The van der Waals surface area contributed by atoms with Crippen LogP contribution in [-0.2, 0) is 22.7 Å². The highest BCUT2D eigenvalue weighted by atomic mass is 35.5. The van der Waals surface area contributed by atoms with E-state index >= 15 is 0 Å². The summed E-state index contributed by atoms with van der Waals surface area (Å²) in [5.41, 5.74) is -0.564. The lowest BCUT2D eigenvalue weighted by molar-refractivity contribution is -0.137. The van der Waals surface area contributed by atoms with Crippen molar-refractivity contribution in [2.45, 2.75) is 17.6 Å². The first-order valence-electron chi connectivity index (χ1n) is 7.86. The molecule has 28 heavy (non-hydrogen) atoms. The number of nitrogens with zero attached hydrogens (tertiary/aromatic N) is 2. The van der Waals surface area contributed by atoms with E-state index in [0.717, 1.165) is 22.5 Å². The van der Waals surface area contributed by atoms with Crippen LogP contribution < -0.4 is 0 Å². The summed E-state index contributed by atoms with van der Waals surface area (Å²) in [6.45, 7) is -0.280. The number of hydrogen-bond donors (Lipinski definition) is 0. The van der Waals surface area contributed by atoms with E-state index in [0.29, 0.717) is 17.0 Å². The Balaban J connectivity index is 2.00. The van der Waals surface area contributed by atoms with E-state index in [1.54, 1.807) is 12.1 Å². The van der Waals surface area contributed by atoms with Crippen molar-refractivity contribution in [1.29, 1.82) is 0 Å². The fourth-order valence-corrected chi connectivity index (χ4v) is 4.14. The van der Waals surface area contributed by atoms with E-state index < -0.39 is 37.5 Å². The van der Waals surface area contributed by atoms with Crippen LogP contribution >= 0.6 is 11.6 Å². The largest absolute Gasteiger partial charge is 0.417 e. The molecule has 0 saturated heterocycles. The molecule has 1 aromatic heterocycles. The van der Waals surface area contributed by atoms with Crippen molar-refractivity contribution in [2.24, 2.45) is 0 Å². The lowest BCUT2D eigenvalue weighted by Crippen LogP contribution is -2.27. The maximum Gasteiger partial charge on any atom is 0.417 e. The minimum absolute atomic E-state index is 0.280. The van der Waals surface area contributed by atoms with Crippen molar-refractivity contribution in [2.75, 3.05) is 7.05 Å². The number of fused-ring (bicyclic) bond motifs is 1. The van der Waals surface area contributed by atoms with Gasteiger partial charge in [0.2, 0.25) is 10.0 Å². The molecule has 0 unspecified atom stereocenters. The summed E-state index contributed by atoms with van der Waals surface area (Å²) < 4.78 is 79.3. The van der Waals surface area contributed by atoms with Gasteiger partial charge in [-0.3, -0.25) is 4.98 Å². The Morgan fingerprint density at radius 3 is 2.54 bits per heavy atom. The second-order valence-electron chi connectivity index (χ2n) is 6.04. The van der Waals surface area contributed by atoms with Crippen molar-refractivity contribution < 1.29 is 26.0 Å². The summed E-state index contributed by atoms with van der Waals surface area (Å²) in [4.78, 5) is 3.56. The normalized spacial score (nSPS) is 12.7. The van der Waals surface area contributed by atoms with Crippen LogP contribution in [0.3, 0.4) is 0 Å². The first kappa shape index (κ1) is 20.5. The quantitative estimate of drug-likeness (QED) is 0.553. The Hall–Kier alpha value is -2.23. The van der Waals surface area contributed by atoms with E-state index in [2.05, 4.69) is 4.98 Å². The molecular weight excluding hydrogens is 420 g/mol. The van der Waals surface area contributed by atoms with E-state index in [-0.39, 0.29) is 12.1 Å². The SMILES string of the molecule is CN(Cc1cc(F)cc2cccnc12)S(=O)(=O)c1ccc(Cl)c(C(F)(F)F)c1. The lowest BCUT2D eigenvalue weighted by Gasteiger charge is -2.19. The number of halogens is 5. The maximum atomic E-state index is 13.9. The predicted octanol–water partition coefficient (Wildman–Crippen LogP) is 4.87. The molecule has 0 spiro atoms. The molecule has 3 aromatic rings. The average Bonchev–Trinajstić information content (AvgIpc) is 2.60. The Morgan fingerprint density at radius 1 is 1.14 bits per heavy atom. The summed E-state index contributed by atoms with van der Waals surface area (Å²) in [5.74, 6) is -0.577. The molecule has 0 N–H and O–H groups in total. The molecule has 0 atom stereocenters. The van der Waals surface area contributed by atoms with E-state index in [1.165, 1.54) is 19.3 Å². The minimum Gasteiger partial charge on any atom is -0.256 e. The van der Waals surface area contributed by atoms with Gasteiger partial charge in [-0.1, -0.05) is 17.7 Å². The van der Waals surface area contributed by atoms with Crippen molar-refractivity contribution in [1.82, 2.24) is 9.29 Å². The van der Waals surface area contributed by atoms with Crippen LogP contribution in [0.4, 0.5) is 17.6 Å². The zero-order valence-electron chi connectivity index (χ0n) is 14.3. The number of rotatable bonds is 4. The summed E-state index contributed by atoms with van der Waals surface area (Å²) in [6.07, 6.45) is -3.32. The molecule has 0 saturated carbocycles. The third-order valence-electron chi connectivity index (χ3n) is 4.09. The number of pyridine rings is 1. The molecule has 2 aromatic carbocycles. The van der Waals surface area contributed by atoms with Crippen LogP contribution in [0.15, 0.2) is 53.6 Å². The molecule has 0 aliphatic heterocycles. The van der Waals surface area contributed by atoms with Crippen LogP contribution in [0.5, 0.6) is 0 Å². The number of hydrogen-bond acceptors (Lipinski definition) is 3. The third kappa shape index (κ3) is 3.96. The first-order valence-corrected chi connectivity index (χ1v) is 9.68. The van der Waals surface area contributed by atoms with Gasteiger partial charge in [-0.05, 0) is 42.0 Å². The fourth-order valence-electron chi connectivity index (χ4n) is 2.73. The second kappa shape index (κ2) is 7.31. The smallest absolute Gasteiger partial charge is 0.256 e. The van der Waals surface area contributed by atoms with Crippen LogP contribution in [-0.4, -0.2) is 24.8 Å². The van der Waals surface area contributed by atoms with Gasteiger partial charge in [0.25, 0.3) is 0 Å². The van der Waals surface area contributed by atoms with Gasteiger partial charge in [-0.2, -0.15) is 17.5 Å². The van der Waals surface area contributed by atoms with Crippen molar-refractivity contribution in [3.63, 3.8) is 0 Å². The molecule has 0 amide bonds. The van der Waals surface area contributed by atoms with Crippen molar-refractivity contribution in [3.05, 3.63) is 70.6 Å². The molecule has 1 heterocycles. The molecule has 0 aliphatic carbocycles. The molecule has 0 bridgehead atoms. The van der Waals surface area contributed by atoms with Gasteiger partial charge in [0.1, 0.15) is 5.82 Å². The zero-order valence-corrected chi connectivity index (χ0v) is 15.9. The summed E-state index contributed by atoms with van der Waals surface area (Å²) in [5, 5.41) is -0.122. The Morgan fingerprint density at radius 2 is 1.86 bits per heavy atom. The van der Waals surface area contributed by atoms with Gasteiger partial charge in [0.05, 0.1) is 21.0 Å².